The summed E-state index contributed by atoms with van der Waals surface area (Å²) in [5.74, 6) is -0.0578. The fourth-order valence-corrected chi connectivity index (χ4v) is 1.55. The molecule has 2 heterocycles. The number of hydrogen-bond acceptors (Lipinski definition) is 4. The first-order chi connectivity index (χ1) is 8.99. The monoisotopic (exact) mass is 270 g/mol. The highest BCUT2D eigenvalue weighted by molar-refractivity contribution is 5.25. The summed E-state index contributed by atoms with van der Waals surface area (Å²) in [6, 6.07) is 2.06. The number of nitrogens with zero attached hydrogens (tertiary/aromatic N) is 4. The second-order valence-corrected chi connectivity index (χ2v) is 3.64. The zero-order valence-corrected chi connectivity index (χ0v) is 9.44. The first-order valence-corrected chi connectivity index (χ1v) is 5.14. The maximum absolute atomic E-state index is 12.6. The third-order valence-corrected chi connectivity index (χ3v) is 2.45. The molecule has 9 heteroatoms. The van der Waals surface area contributed by atoms with Crippen LogP contribution in [0.3, 0.4) is 0 Å². The van der Waals surface area contributed by atoms with Crippen LogP contribution >= 0.6 is 0 Å². The number of halogens is 2. The summed E-state index contributed by atoms with van der Waals surface area (Å²) in [5.41, 5.74) is -0.829. The van der Waals surface area contributed by atoms with Crippen molar-refractivity contribution in [2.75, 3.05) is 0 Å². The summed E-state index contributed by atoms with van der Waals surface area (Å²) in [4.78, 5) is 25.1. The Morgan fingerprint density at radius 1 is 1.42 bits per heavy atom. The normalized spacial score (nSPS) is 10.9. The molecule has 2 aromatic rings. The van der Waals surface area contributed by atoms with Crippen LogP contribution in [0.4, 0.5) is 14.5 Å². The molecule has 0 saturated carbocycles. The molecule has 0 unspecified atom stereocenters. The Morgan fingerprint density at radius 2 is 2.16 bits per heavy atom. The van der Waals surface area contributed by atoms with Crippen LogP contribution in [-0.4, -0.2) is 19.0 Å². The number of pyridine rings is 1. The van der Waals surface area contributed by atoms with Gasteiger partial charge in [-0.05, 0) is 0 Å². The van der Waals surface area contributed by atoms with Gasteiger partial charge in [-0.1, -0.05) is 0 Å². The molecule has 0 fully saturated rings. The zero-order valence-electron chi connectivity index (χ0n) is 9.44. The Labute approximate surface area is 104 Å². The van der Waals surface area contributed by atoms with Crippen LogP contribution in [0.1, 0.15) is 12.4 Å². The summed E-state index contributed by atoms with van der Waals surface area (Å²) < 4.78 is 26.7. The summed E-state index contributed by atoms with van der Waals surface area (Å²) in [6.07, 6.45) is 3.24. The lowest BCUT2D eigenvalue weighted by Gasteiger charge is -2.08. The second kappa shape index (κ2) is 4.96. The Hall–Kier alpha value is -2.58. The van der Waals surface area contributed by atoms with Gasteiger partial charge in [0.05, 0.1) is 17.7 Å². The lowest BCUT2D eigenvalue weighted by Crippen LogP contribution is -2.21. The van der Waals surface area contributed by atoms with Crippen molar-refractivity contribution in [1.82, 2.24) is 14.1 Å². The molecule has 0 bridgehead atoms. The Bertz CT molecular complexity index is 665. The van der Waals surface area contributed by atoms with E-state index in [4.69, 9.17) is 0 Å². The molecule has 0 aliphatic heterocycles. The Morgan fingerprint density at radius 3 is 2.79 bits per heavy atom. The topological polar surface area (TPSA) is 83.0 Å². The molecule has 0 N–H and O–H groups in total. The molecule has 19 heavy (non-hydrogen) atoms. The Balaban J connectivity index is 2.38. The van der Waals surface area contributed by atoms with E-state index in [1.807, 2.05) is 0 Å². The number of hydrogen-bond donors (Lipinski definition) is 0. The number of rotatable bonds is 4. The maximum atomic E-state index is 12.6. The van der Waals surface area contributed by atoms with Crippen LogP contribution < -0.4 is 5.56 Å². The second-order valence-electron chi connectivity index (χ2n) is 3.64. The van der Waals surface area contributed by atoms with E-state index in [2.05, 4.69) is 4.98 Å². The van der Waals surface area contributed by atoms with Crippen LogP contribution in [0.25, 0.3) is 0 Å². The van der Waals surface area contributed by atoms with Gasteiger partial charge in [-0.3, -0.25) is 19.5 Å². The van der Waals surface area contributed by atoms with Gasteiger partial charge in [0, 0.05) is 24.5 Å². The zero-order chi connectivity index (χ0) is 14.0. The minimum atomic E-state index is -2.79. The highest BCUT2D eigenvalue weighted by atomic mass is 19.3. The van der Waals surface area contributed by atoms with E-state index in [1.54, 1.807) is 0 Å². The van der Waals surface area contributed by atoms with Crippen molar-refractivity contribution in [3.05, 3.63) is 57.0 Å². The van der Waals surface area contributed by atoms with Crippen molar-refractivity contribution in [1.29, 1.82) is 0 Å². The predicted octanol–water partition coefficient (Wildman–Crippen LogP) is 1.40. The maximum Gasteiger partial charge on any atom is 0.319 e. The van der Waals surface area contributed by atoms with Crippen LogP contribution in [-0.2, 0) is 6.54 Å². The predicted molar refractivity (Wildman–Crippen MR) is 59.9 cm³/mol. The summed E-state index contributed by atoms with van der Waals surface area (Å²) in [6.45, 7) is -3.05. The quantitative estimate of drug-likeness (QED) is 0.621. The van der Waals surface area contributed by atoms with Gasteiger partial charge in [0.15, 0.2) is 0 Å². The Kier molecular flexibility index (Phi) is 3.36. The molecule has 0 spiro atoms. The van der Waals surface area contributed by atoms with Crippen LogP contribution in [0.15, 0.2) is 35.5 Å². The van der Waals surface area contributed by atoms with Crippen molar-refractivity contribution in [3.63, 3.8) is 0 Å². The van der Waals surface area contributed by atoms with Crippen molar-refractivity contribution < 1.29 is 13.7 Å². The van der Waals surface area contributed by atoms with Gasteiger partial charge < -0.3 is 4.57 Å². The van der Waals surface area contributed by atoms with Gasteiger partial charge in [-0.2, -0.15) is 8.78 Å². The van der Waals surface area contributed by atoms with Crippen LogP contribution in [0.2, 0.25) is 0 Å². The molecule has 0 aliphatic carbocycles. The molecule has 0 atom stereocenters. The van der Waals surface area contributed by atoms with Crippen LogP contribution in [0.5, 0.6) is 0 Å². The summed E-state index contributed by atoms with van der Waals surface area (Å²) in [5, 5.41) is 10.6. The lowest BCUT2D eigenvalue weighted by molar-refractivity contribution is -0.385. The number of nitro groups is 1. The third-order valence-electron chi connectivity index (χ3n) is 2.45. The average Bonchev–Trinajstić information content (AvgIpc) is 2.80. The first-order valence-electron chi connectivity index (χ1n) is 5.14. The fourth-order valence-electron chi connectivity index (χ4n) is 1.55. The molecule has 0 amide bonds. The van der Waals surface area contributed by atoms with Gasteiger partial charge in [0.25, 0.3) is 11.2 Å². The van der Waals surface area contributed by atoms with E-state index < -0.39 is 17.0 Å². The van der Waals surface area contributed by atoms with Crippen molar-refractivity contribution in [2.45, 2.75) is 13.1 Å². The molecule has 0 saturated heterocycles. The van der Waals surface area contributed by atoms with Gasteiger partial charge >= 0.3 is 6.55 Å². The lowest BCUT2D eigenvalue weighted by atomic mass is 10.4. The number of alkyl halides is 2. The molecule has 2 aromatic heterocycles. The van der Waals surface area contributed by atoms with E-state index in [0.717, 1.165) is 29.1 Å². The van der Waals surface area contributed by atoms with Crippen molar-refractivity contribution >= 4 is 5.69 Å². The third kappa shape index (κ3) is 2.64. The molecule has 7 nitrogen and oxygen atoms in total. The molecular formula is C10H8F2N4O3. The van der Waals surface area contributed by atoms with E-state index in [-0.39, 0.29) is 18.1 Å². The molecule has 100 valence electrons. The van der Waals surface area contributed by atoms with Crippen molar-refractivity contribution in [2.24, 2.45) is 0 Å². The van der Waals surface area contributed by atoms with Gasteiger partial charge in [0.1, 0.15) is 5.82 Å². The average molecular weight is 270 g/mol. The molecule has 2 rings (SSSR count). The highest BCUT2D eigenvalue weighted by Crippen LogP contribution is 2.13. The smallest absolute Gasteiger partial charge is 0.301 e. The largest absolute Gasteiger partial charge is 0.319 e. The van der Waals surface area contributed by atoms with E-state index in [9.17, 15) is 23.7 Å². The van der Waals surface area contributed by atoms with Crippen LogP contribution in [0, 0.1) is 10.1 Å². The highest BCUT2D eigenvalue weighted by Gasteiger charge is 2.14. The molecule has 0 radical (unpaired) electrons. The van der Waals surface area contributed by atoms with Crippen molar-refractivity contribution in [3.8, 4) is 0 Å². The van der Waals surface area contributed by atoms with E-state index in [0.29, 0.717) is 4.57 Å². The minimum Gasteiger partial charge on any atom is -0.301 e. The molecule has 0 aliphatic rings. The minimum absolute atomic E-state index is 0.0578. The summed E-state index contributed by atoms with van der Waals surface area (Å²) >= 11 is 0. The SMILES string of the molecule is O=c1ccc([N+](=O)[O-])cn1Cc1nccn1C(F)F. The number of imidazole rings is 1. The fraction of sp³-hybridized carbons (Fsp3) is 0.200. The molecule has 0 aromatic carbocycles. The van der Waals surface area contributed by atoms with E-state index in [1.165, 1.54) is 6.20 Å². The van der Waals surface area contributed by atoms with Gasteiger partial charge in [-0.15, -0.1) is 0 Å². The van der Waals surface area contributed by atoms with E-state index >= 15 is 0 Å². The molecular weight excluding hydrogens is 262 g/mol. The number of aromatic nitrogens is 3. The first kappa shape index (κ1) is 12.9. The van der Waals surface area contributed by atoms with Gasteiger partial charge in [-0.25, -0.2) is 4.98 Å². The standard InChI is InChI=1S/C10H8F2N4O3/c11-10(12)15-4-3-13-8(15)6-14-5-7(16(18)19)1-2-9(14)17/h1-5,10H,6H2. The van der Waals surface area contributed by atoms with Gasteiger partial charge in [0.2, 0.25) is 0 Å². The summed E-state index contributed by atoms with van der Waals surface area (Å²) in [7, 11) is 0.